The molecule has 1 saturated carbocycles. The van der Waals surface area contributed by atoms with Crippen molar-refractivity contribution in [3.63, 3.8) is 0 Å². The van der Waals surface area contributed by atoms with E-state index in [4.69, 9.17) is 5.73 Å². The smallest absolute Gasteiger partial charge is 0.126 e. The van der Waals surface area contributed by atoms with Crippen molar-refractivity contribution >= 4 is 11.5 Å². The van der Waals surface area contributed by atoms with Gasteiger partial charge in [-0.3, -0.25) is 0 Å². The van der Waals surface area contributed by atoms with Crippen LogP contribution < -0.4 is 11.1 Å². The number of nitrogens with one attached hydrogen (secondary N) is 1. The largest absolute Gasteiger partial charge is 0.397 e. The maximum Gasteiger partial charge on any atom is 0.126 e. The van der Waals surface area contributed by atoms with Gasteiger partial charge >= 0.3 is 0 Å². The van der Waals surface area contributed by atoms with Crippen molar-refractivity contribution < 1.29 is 0 Å². The van der Waals surface area contributed by atoms with Gasteiger partial charge in [0.2, 0.25) is 0 Å². The molecule has 0 bridgehead atoms. The molecule has 0 amide bonds. The molecule has 0 spiro atoms. The van der Waals surface area contributed by atoms with Crippen molar-refractivity contribution in [2.24, 2.45) is 5.92 Å². The van der Waals surface area contributed by atoms with Crippen LogP contribution in [0.2, 0.25) is 0 Å². The van der Waals surface area contributed by atoms with Gasteiger partial charge in [-0.2, -0.15) is 0 Å². The number of pyridine rings is 1. The normalized spacial score (nSPS) is 24.6. The zero-order valence-electron chi connectivity index (χ0n) is 10.9. The van der Waals surface area contributed by atoms with Crippen molar-refractivity contribution in [1.29, 1.82) is 0 Å². The van der Waals surface area contributed by atoms with E-state index in [0.717, 1.165) is 23.0 Å². The zero-order valence-corrected chi connectivity index (χ0v) is 10.9. The molecule has 1 aliphatic carbocycles. The first-order valence-corrected chi connectivity index (χ1v) is 6.67. The summed E-state index contributed by atoms with van der Waals surface area (Å²) in [5, 5.41) is 3.55. The first kappa shape index (κ1) is 12.2. The van der Waals surface area contributed by atoms with Gasteiger partial charge < -0.3 is 11.1 Å². The maximum atomic E-state index is 5.78. The molecule has 1 heterocycles. The minimum atomic E-state index is 0.587. The van der Waals surface area contributed by atoms with Gasteiger partial charge in [-0.05, 0) is 37.3 Å². The first-order valence-electron chi connectivity index (χ1n) is 6.67. The lowest BCUT2D eigenvalue weighted by Crippen LogP contribution is -2.27. The van der Waals surface area contributed by atoms with Gasteiger partial charge in [0.1, 0.15) is 5.82 Å². The van der Waals surface area contributed by atoms with Crippen LogP contribution in [0.15, 0.2) is 12.3 Å². The van der Waals surface area contributed by atoms with Crippen molar-refractivity contribution in [2.75, 3.05) is 11.1 Å². The van der Waals surface area contributed by atoms with Gasteiger partial charge in [-0.15, -0.1) is 0 Å². The molecule has 0 aromatic carbocycles. The highest BCUT2D eigenvalue weighted by Crippen LogP contribution is 2.28. The molecular formula is C14H23N3. The molecule has 1 aromatic heterocycles. The van der Waals surface area contributed by atoms with Gasteiger partial charge in [-0.25, -0.2) is 4.98 Å². The summed E-state index contributed by atoms with van der Waals surface area (Å²) >= 11 is 0. The molecule has 0 radical (unpaired) electrons. The SMILES string of the molecule is CCC1CCCC(Nc2cc(C)c(N)cn2)C1. The van der Waals surface area contributed by atoms with E-state index >= 15 is 0 Å². The molecule has 17 heavy (non-hydrogen) atoms. The second-order valence-electron chi connectivity index (χ2n) is 5.21. The molecule has 2 atom stereocenters. The van der Waals surface area contributed by atoms with Crippen LogP contribution >= 0.6 is 0 Å². The topological polar surface area (TPSA) is 50.9 Å². The van der Waals surface area contributed by atoms with E-state index in [0.29, 0.717) is 6.04 Å². The van der Waals surface area contributed by atoms with E-state index in [1.807, 2.05) is 13.0 Å². The van der Waals surface area contributed by atoms with Crippen molar-refractivity contribution in [3.05, 3.63) is 17.8 Å². The van der Waals surface area contributed by atoms with E-state index in [9.17, 15) is 0 Å². The van der Waals surface area contributed by atoms with Gasteiger partial charge in [0.15, 0.2) is 0 Å². The third kappa shape index (κ3) is 3.11. The predicted molar refractivity (Wildman–Crippen MR) is 73.0 cm³/mol. The third-order valence-corrected chi connectivity index (χ3v) is 3.86. The van der Waals surface area contributed by atoms with Crippen molar-refractivity contribution in [2.45, 2.75) is 52.0 Å². The molecule has 0 aliphatic heterocycles. The van der Waals surface area contributed by atoms with Crippen LogP contribution in [0.1, 0.15) is 44.6 Å². The number of anilines is 2. The Labute approximate surface area is 104 Å². The highest BCUT2D eigenvalue weighted by Gasteiger charge is 2.20. The van der Waals surface area contributed by atoms with Crippen molar-refractivity contribution in [1.82, 2.24) is 4.98 Å². The van der Waals surface area contributed by atoms with E-state index < -0.39 is 0 Å². The number of nitrogens with two attached hydrogens (primary N) is 1. The van der Waals surface area contributed by atoms with Crippen LogP contribution in [0.4, 0.5) is 11.5 Å². The summed E-state index contributed by atoms with van der Waals surface area (Å²) < 4.78 is 0. The van der Waals surface area contributed by atoms with Crippen LogP contribution in [0.3, 0.4) is 0 Å². The minimum absolute atomic E-state index is 0.587. The summed E-state index contributed by atoms with van der Waals surface area (Å²) in [6.07, 6.45) is 8.32. The Hall–Kier alpha value is -1.25. The lowest BCUT2D eigenvalue weighted by atomic mass is 9.84. The summed E-state index contributed by atoms with van der Waals surface area (Å²) in [5.74, 6) is 1.86. The Kier molecular flexibility index (Phi) is 3.87. The molecule has 2 rings (SSSR count). The zero-order chi connectivity index (χ0) is 12.3. The summed E-state index contributed by atoms with van der Waals surface area (Å²) in [6.45, 7) is 4.32. The number of nitrogens with zero attached hydrogens (tertiary/aromatic N) is 1. The van der Waals surface area contributed by atoms with Crippen LogP contribution in [-0.4, -0.2) is 11.0 Å². The Morgan fingerprint density at radius 3 is 3.00 bits per heavy atom. The fraction of sp³-hybridized carbons (Fsp3) is 0.643. The lowest BCUT2D eigenvalue weighted by molar-refractivity contribution is 0.327. The number of nitrogen functional groups attached to an aromatic ring is 1. The lowest BCUT2D eigenvalue weighted by Gasteiger charge is -2.29. The number of aromatic nitrogens is 1. The average Bonchev–Trinajstić information content (AvgIpc) is 2.34. The summed E-state index contributed by atoms with van der Waals surface area (Å²) in [4.78, 5) is 4.35. The Morgan fingerprint density at radius 2 is 2.29 bits per heavy atom. The molecular weight excluding hydrogens is 210 g/mol. The molecule has 0 saturated heterocycles. The molecule has 2 unspecified atom stereocenters. The second-order valence-corrected chi connectivity index (χ2v) is 5.21. The van der Waals surface area contributed by atoms with E-state index in [2.05, 4.69) is 17.2 Å². The molecule has 1 aliphatic rings. The first-order chi connectivity index (χ1) is 8.19. The highest BCUT2D eigenvalue weighted by molar-refractivity contribution is 5.51. The monoisotopic (exact) mass is 233 g/mol. The fourth-order valence-electron chi connectivity index (χ4n) is 2.65. The van der Waals surface area contributed by atoms with Gasteiger partial charge in [0.25, 0.3) is 0 Å². The van der Waals surface area contributed by atoms with E-state index in [1.165, 1.54) is 32.1 Å². The molecule has 1 aromatic rings. The van der Waals surface area contributed by atoms with Crippen molar-refractivity contribution in [3.8, 4) is 0 Å². The standard InChI is InChI=1S/C14H23N3/c1-3-11-5-4-6-12(8-11)17-14-7-10(2)13(15)9-16-14/h7,9,11-12H,3-6,8,15H2,1-2H3,(H,16,17). The third-order valence-electron chi connectivity index (χ3n) is 3.86. The van der Waals surface area contributed by atoms with Crippen LogP contribution in [-0.2, 0) is 0 Å². The Balaban J connectivity index is 1.97. The summed E-state index contributed by atoms with van der Waals surface area (Å²) in [6, 6.07) is 2.63. The minimum Gasteiger partial charge on any atom is -0.397 e. The Morgan fingerprint density at radius 1 is 1.47 bits per heavy atom. The molecule has 1 fully saturated rings. The number of hydrogen-bond acceptors (Lipinski definition) is 3. The number of hydrogen-bond donors (Lipinski definition) is 2. The van der Waals surface area contributed by atoms with Gasteiger partial charge in [0, 0.05) is 6.04 Å². The number of aryl methyl sites for hydroxylation is 1. The van der Waals surface area contributed by atoms with E-state index in [1.54, 1.807) is 6.20 Å². The Bertz CT molecular complexity index is 376. The summed E-state index contributed by atoms with van der Waals surface area (Å²) in [5.41, 5.74) is 7.65. The van der Waals surface area contributed by atoms with Crippen LogP contribution in [0.25, 0.3) is 0 Å². The quantitative estimate of drug-likeness (QED) is 0.841. The van der Waals surface area contributed by atoms with Crippen LogP contribution in [0.5, 0.6) is 0 Å². The highest BCUT2D eigenvalue weighted by atomic mass is 15.0. The molecule has 3 N–H and O–H groups in total. The second kappa shape index (κ2) is 5.39. The average molecular weight is 233 g/mol. The summed E-state index contributed by atoms with van der Waals surface area (Å²) in [7, 11) is 0. The molecule has 3 nitrogen and oxygen atoms in total. The number of rotatable bonds is 3. The van der Waals surface area contributed by atoms with Gasteiger partial charge in [-0.1, -0.05) is 26.2 Å². The molecule has 3 heteroatoms. The van der Waals surface area contributed by atoms with Gasteiger partial charge in [0.05, 0.1) is 11.9 Å². The fourth-order valence-corrected chi connectivity index (χ4v) is 2.65. The molecule has 94 valence electrons. The van der Waals surface area contributed by atoms with E-state index in [-0.39, 0.29) is 0 Å². The van der Waals surface area contributed by atoms with Crippen LogP contribution in [0, 0.1) is 12.8 Å². The predicted octanol–water partition coefficient (Wildman–Crippen LogP) is 3.35. The maximum absolute atomic E-state index is 5.78.